The number of rotatable bonds is 3. The minimum absolute atomic E-state index is 0.0473. The van der Waals surface area contributed by atoms with Crippen LogP contribution in [0.3, 0.4) is 0 Å². The van der Waals surface area contributed by atoms with Crippen molar-refractivity contribution in [3.8, 4) is 17.1 Å². The van der Waals surface area contributed by atoms with Crippen molar-refractivity contribution in [2.45, 2.75) is 19.0 Å². The third-order valence-corrected chi connectivity index (χ3v) is 4.91. The number of carbonyl (C=O) groups is 2. The molecule has 1 atom stereocenters. The van der Waals surface area contributed by atoms with Gasteiger partial charge in [0, 0.05) is 25.6 Å². The van der Waals surface area contributed by atoms with Crippen molar-refractivity contribution in [1.29, 1.82) is 0 Å². The minimum Gasteiger partial charge on any atom is -0.497 e. The molecule has 26 heavy (non-hydrogen) atoms. The van der Waals surface area contributed by atoms with Crippen molar-refractivity contribution in [3.05, 3.63) is 35.7 Å². The minimum atomic E-state index is -0.474. The first kappa shape index (κ1) is 16.4. The van der Waals surface area contributed by atoms with Crippen LogP contribution in [0.15, 0.2) is 24.3 Å². The number of urea groups is 1. The van der Waals surface area contributed by atoms with E-state index in [1.807, 2.05) is 24.3 Å². The highest BCUT2D eigenvalue weighted by atomic mass is 16.5. The molecule has 0 saturated carbocycles. The highest BCUT2D eigenvalue weighted by Crippen LogP contribution is 2.25. The molecule has 2 aliphatic heterocycles. The van der Waals surface area contributed by atoms with Crippen molar-refractivity contribution < 1.29 is 14.3 Å². The van der Waals surface area contributed by atoms with Gasteiger partial charge in [0.05, 0.1) is 31.6 Å². The van der Waals surface area contributed by atoms with Crippen LogP contribution in [0.25, 0.3) is 11.4 Å². The van der Waals surface area contributed by atoms with E-state index in [0.717, 1.165) is 28.5 Å². The lowest BCUT2D eigenvalue weighted by Gasteiger charge is -2.28. The van der Waals surface area contributed by atoms with Gasteiger partial charge in [-0.15, -0.1) is 0 Å². The van der Waals surface area contributed by atoms with Gasteiger partial charge in [0.25, 0.3) is 0 Å². The fourth-order valence-corrected chi connectivity index (χ4v) is 3.39. The van der Waals surface area contributed by atoms with Gasteiger partial charge < -0.3 is 24.8 Å². The first-order valence-corrected chi connectivity index (χ1v) is 8.58. The topological polar surface area (TPSA) is 90.6 Å². The number of aromatic nitrogens is 2. The van der Waals surface area contributed by atoms with Crippen LogP contribution < -0.4 is 10.1 Å². The molecule has 4 rings (SSSR count). The number of fused-ring (bicyclic) bond motifs is 1. The Kier molecular flexibility index (Phi) is 4.02. The average molecular weight is 355 g/mol. The molecule has 1 aromatic carbocycles. The maximum absolute atomic E-state index is 12.7. The number of nitrogens with zero attached hydrogens (tertiary/aromatic N) is 3. The summed E-state index contributed by atoms with van der Waals surface area (Å²) in [7, 11) is 3.32. The van der Waals surface area contributed by atoms with Crippen LogP contribution in [0, 0.1) is 0 Å². The average Bonchev–Trinajstić information content (AvgIpc) is 3.24. The number of hydrogen-bond donors (Lipinski definition) is 2. The van der Waals surface area contributed by atoms with E-state index < -0.39 is 6.04 Å². The second kappa shape index (κ2) is 6.36. The second-order valence-corrected chi connectivity index (χ2v) is 6.63. The summed E-state index contributed by atoms with van der Waals surface area (Å²) in [4.78, 5) is 35.6. The largest absolute Gasteiger partial charge is 0.497 e. The SMILES string of the molecule is COc1ccc(-c2nc3c([nH]2)CN(C(=O)C2CN(C)C(=O)N2)CC3)cc1. The smallest absolute Gasteiger partial charge is 0.317 e. The summed E-state index contributed by atoms with van der Waals surface area (Å²) in [5, 5.41) is 2.72. The summed E-state index contributed by atoms with van der Waals surface area (Å²) in [6.07, 6.45) is 0.699. The number of methoxy groups -OCH3 is 1. The van der Waals surface area contributed by atoms with E-state index in [0.29, 0.717) is 26.1 Å². The monoisotopic (exact) mass is 355 g/mol. The number of aromatic amines is 1. The number of H-pyrrole nitrogens is 1. The molecule has 2 aliphatic rings. The standard InChI is InChI=1S/C18H21N5O3/c1-22-9-15(21-18(22)25)17(24)23-8-7-13-14(10-23)20-16(19-13)11-3-5-12(26-2)6-4-11/h3-6,15H,7-10H2,1-2H3,(H,19,20)(H,21,25). The van der Waals surface area contributed by atoms with Gasteiger partial charge in [-0.25, -0.2) is 9.78 Å². The Labute approximate surface area is 151 Å². The first-order chi connectivity index (χ1) is 12.5. The molecule has 2 N–H and O–H groups in total. The van der Waals surface area contributed by atoms with Crippen LogP contribution in [0.1, 0.15) is 11.4 Å². The fraction of sp³-hybridized carbons (Fsp3) is 0.389. The third-order valence-electron chi connectivity index (χ3n) is 4.91. The summed E-state index contributed by atoms with van der Waals surface area (Å²) >= 11 is 0. The normalized spacial score (nSPS) is 19.3. The Balaban J connectivity index is 1.49. The number of amides is 3. The summed E-state index contributed by atoms with van der Waals surface area (Å²) in [6, 6.07) is 7.02. The van der Waals surface area contributed by atoms with Gasteiger partial charge in [0.1, 0.15) is 17.6 Å². The maximum Gasteiger partial charge on any atom is 0.317 e. The van der Waals surface area contributed by atoms with Gasteiger partial charge in [-0.1, -0.05) is 0 Å². The number of nitrogens with one attached hydrogen (secondary N) is 2. The number of benzene rings is 1. The van der Waals surface area contributed by atoms with Crippen molar-refractivity contribution in [2.24, 2.45) is 0 Å². The van der Waals surface area contributed by atoms with Crippen LogP contribution in [0.4, 0.5) is 4.79 Å². The highest BCUT2D eigenvalue weighted by molar-refractivity contribution is 5.90. The number of likely N-dealkylation sites (N-methyl/N-ethyl adjacent to an activating group) is 1. The Bertz CT molecular complexity index is 845. The lowest BCUT2D eigenvalue weighted by molar-refractivity contribution is -0.133. The Hall–Kier alpha value is -3.03. The molecule has 3 amide bonds. The Morgan fingerprint density at radius 2 is 2.08 bits per heavy atom. The van der Waals surface area contributed by atoms with Crippen LogP contribution >= 0.6 is 0 Å². The molecule has 1 aromatic heterocycles. The molecule has 8 heteroatoms. The van der Waals surface area contributed by atoms with E-state index in [1.54, 1.807) is 19.1 Å². The van der Waals surface area contributed by atoms with Gasteiger partial charge in [0.2, 0.25) is 5.91 Å². The maximum atomic E-state index is 12.7. The van der Waals surface area contributed by atoms with E-state index in [4.69, 9.17) is 4.74 Å². The van der Waals surface area contributed by atoms with E-state index >= 15 is 0 Å². The molecule has 1 saturated heterocycles. The van der Waals surface area contributed by atoms with E-state index in [2.05, 4.69) is 15.3 Å². The van der Waals surface area contributed by atoms with Gasteiger partial charge >= 0.3 is 6.03 Å². The summed E-state index contributed by atoms with van der Waals surface area (Å²) in [6.45, 7) is 1.49. The molecule has 136 valence electrons. The summed E-state index contributed by atoms with van der Waals surface area (Å²) in [5.74, 6) is 1.54. The molecule has 0 aliphatic carbocycles. The lowest BCUT2D eigenvalue weighted by atomic mass is 10.1. The molecule has 0 spiro atoms. The molecule has 1 unspecified atom stereocenters. The second-order valence-electron chi connectivity index (χ2n) is 6.63. The van der Waals surface area contributed by atoms with Gasteiger partial charge in [0.15, 0.2) is 0 Å². The van der Waals surface area contributed by atoms with E-state index in [9.17, 15) is 9.59 Å². The Morgan fingerprint density at radius 1 is 1.31 bits per heavy atom. The van der Waals surface area contributed by atoms with Crippen molar-refractivity contribution in [2.75, 3.05) is 27.2 Å². The van der Waals surface area contributed by atoms with Crippen LogP contribution in [-0.4, -0.2) is 65.0 Å². The molecule has 3 heterocycles. The highest BCUT2D eigenvalue weighted by Gasteiger charge is 2.35. The predicted molar refractivity (Wildman–Crippen MR) is 94.6 cm³/mol. The zero-order chi connectivity index (χ0) is 18.3. The molecule has 0 radical (unpaired) electrons. The first-order valence-electron chi connectivity index (χ1n) is 8.58. The number of hydrogen-bond acceptors (Lipinski definition) is 4. The number of carbonyl (C=O) groups excluding carboxylic acids is 2. The zero-order valence-corrected chi connectivity index (χ0v) is 14.8. The molecular weight excluding hydrogens is 334 g/mol. The summed E-state index contributed by atoms with van der Waals surface area (Å²) < 4.78 is 5.18. The fourth-order valence-electron chi connectivity index (χ4n) is 3.39. The van der Waals surface area contributed by atoms with E-state index in [1.165, 1.54) is 4.90 Å². The van der Waals surface area contributed by atoms with Crippen molar-refractivity contribution in [1.82, 2.24) is 25.1 Å². The molecule has 2 aromatic rings. The van der Waals surface area contributed by atoms with Crippen molar-refractivity contribution in [3.63, 3.8) is 0 Å². The van der Waals surface area contributed by atoms with Crippen molar-refractivity contribution >= 4 is 11.9 Å². The molecule has 8 nitrogen and oxygen atoms in total. The van der Waals surface area contributed by atoms with Gasteiger partial charge in [-0.05, 0) is 24.3 Å². The predicted octanol–water partition coefficient (Wildman–Crippen LogP) is 0.994. The number of imidazole rings is 1. The molecule has 1 fully saturated rings. The summed E-state index contributed by atoms with van der Waals surface area (Å²) in [5.41, 5.74) is 2.92. The zero-order valence-electron chi connectivity index (χ0n) is 14.8. The lowest BCUT2D eigenvalue weighted by Crippen LogP contribution is -2.47. The van der Waals surface area contributed by atoms with Crippen LogP contribution in [0.2, 0.25) is 0 Å². The Morgan fingerprint density at radius 3 is 2.73 bits per heavy atom. The van der Waals surface area contributed by atoms with Gasteiger partial charge in [-0.2, -0.15) is 0 Å². The quantitative estimate of drug-likeness (QED) is 0.859. The van der Waals surface area contributed by atoms with Crippen LogP contribution in [-0.2, 0) is 17.8 Å². The van der Waals surface area contributed by atoms with E-state index in [-0.39, 0.29) is 11.9 Å². The molecule has 0 bridgehead atoms. The van der Waals surface area contributed by atoms with Crippen LogP contribution in [0.5, 0.6) is 5.75 Å². The van der Waals surface area contributed by atoms with Gasteiger partial charge in [-0.3, -0.25) is 4.79 Å². The number of ether oxygens (including phenoxy) is 1. The third kappa shape index (κ3) is 2.87. The molecular formula is C18H21N5O3.